The van der Waals surface area contributed by atoms with Crippen LogP contribution in [0.25, 0.3) is 22.8 Å². The van der Waals surface area contributed by atoms with Crippen molar-refractivity contribution >= 4 is 5.91 Å². The number of aryl methyl sites for hydroxylation is 2. The molecule has 0 radical (unpaired) electrons. The molecule has 1 N–H and O–H groups in total. The van der Waals surface area contributed by atoms with E-state index in [-0.39, 0.29) is 11.8 Å². The number of hydrogen-bond acceptors (Lipinski definition) is 6. The van der Waals surface area contributed by atoms with Crippen LogP contribution in [0.15, 0.2) is 29.1 Å². The van der Waals surface area contributed by atoms with Crippen LogP contribution in [0.5, 0.6) is 0 Å². The number of allylic oxidation sites excluding steroid dienone is 2. The highest BCUT2D eigenvalue weighted by Gasteiger charge is 2.30. The van der Waals surface area contributed by atoms with Gasteiger partial charge in [-0.05, 0) is 50.7 Å². The van der Waals surface area contributed by atoms with Crippen molar-refractivity contribution in [2.75, 3.05) is 6.54 Å². The molecule has 0 saturated heterocycles. The first kappa shape index (κ1) is 18.7. The van der Waals surface area contributed by atoms with Gasteiger partial charge in [0, 0.05) is 42.2 Å². The normalized spacial score (nSPS) is 18.5. The van der Waals surface area contributed by atoms with Crippen LogP contribution in [0.3, 0.4) is 0 Å². The Hall–Kier alpha value is -3.29. The lowest BCUT2D eigenvalue weighted by molar-refractivity contribution is -0.136. The molecular weight excluding hydrogens is 380 g/mol. The summed E-state index contributed by atoms with van der Waals surface area (Å²) in [6.45, 7) is 5.16. The van der Waals surface area contributed by atoms with Crippen molar-refractivity contribution in [3.63, 3.8) is 0 Å². The Morgan fingerprint density at radius 3 is 2.93 bits per heavy atom. The molecule has 2 aliphatic rings. The van der Waals surface area contributed by atoms with E-state index in [2.05, 4.69) is 37.5 Å². The maximum absolute atomic E-state index is 13.0. The molecule has 1 aliphatic heterocycles. The number of hydrogen-bond donors (Lipinski definition) is 1. The molecule has 30 heavy (non-hydrogen) atoms. The Balaban J connectivity index is 1.44. The zero-order chi connectivity index (χ0) is 20.7. The van der Waals surface area contributed by atoms with E-state index in [9.17, 15) is 4.79 Å². The van der Waals surface area contributed by atoms with Crippen LogP contribution in [0, 0.1) is 19.8 Å². The predicted octanol–water partition coefficient (Wildman–Crippen LogP) is 3.38. The molecule has 0 unspecified atom stereocenters. The van der Waals surface area contributed by atoms with Crippen molar-refractivity contribution in [1.29, 1.82) is 0 Å². The molecule has 0 aromatic carbocycles. The van der Waals surface area contributed by atoms with Crippen LogP contribution in [0.1, 0.15) is 41.8 Å². The molecule has 0 bridgehead atoms. The zero-order valence-electron chi connectivity index (χ0n) is 17.2. The second-order valence-corrected chi connectivity index (χ2v) is 8.05. The first-order chi connectivity index (χ1) is 14.6. The molecule has 5 rings (SSSR count). The highest BCUT2D eigenvalue weighted by molar-refractivity contribution is 5.80. The molecule has 8 heteroatoms. The maximum Gasteiger partial charge on any atom is 0.261 e. The summed E-state index contributed by atoms with van der Waals surface area (Å²) in [6, 6.07) is 0. The van der Waals surface area contributed by atoms with Crippen LogP contribution in [0.4, 0.5) is 0 Å². The topological polar surface area (TPSA) is 101 Å². The number of nitrogens with one attached hydrogen (secondary N) is 1. The number of pyridine rings is 1. The van der Waals surface area contributed by atoms with Gasteiger partial charge < -0.3 is 9.42 Å². The van der Waals surface area contributed by atoms with E-state index in [4.69, 9.17) is 4.52 Å². The zero-order valence-corrected chi connectivity index (χ0v) is 17.2. The van der Waals surface area contributed by atoms with Gasteiger partial charge in [-0.1, -0.05) is 17.3 Å². The largest absolute Gasteiger partial charge is 0.338 e. The molecule has 1 atom stereocenters. The molecule has 1 aliphatic carbocycles. The van der Waals surface area contributed by atoms with E-state index in [0.29, 0.717) is 24.8 Å². The third kappa shape index (κ3) is 3.22. The van der Waals surface area contributed by atoms with Gasteiger partial charge in [-0.2, -0.15) is 10.1 Å². The second kappa shape index (κ2) is 7.51. The minimum atomic E-state index is 0.104. The number of aromatic amines is 1. The molecular formula is C22H24N6O2. The molecule has 1 amide bonds. The Bertz CT molecular complexity index is 1130. The number of carbonyl (C=O) groups excluding carboxylic acids is 1. The van der Waals surface area contributed by atoms with Gasteiger partial charge in [0.25, 0.3) is 5.89 Å². The van der Waals surface area contributed by atoms with Crippen molar-refractivity contribution in [2.24, 2.45) is 5.92 Å². The van der Waals surface area contributed by atoms with E-state index in [1.807, 2.05) is 24.9 Å². The number of amides is 1. The lowest BCUT2D eigenvalue weighted by atomic mass is 9.90. The Kier molecular flexibility index (Phi) is 4.69. The number of carbonyl (C=O) groups is 1. The van der Waals surface area contributed by atoms with Gasteiger partial charge in [0.1, 0.15) is 0 Å². The third-order valence-electron chi connectivity index (χ3n) is 6.10. The van der Waals surface area contributed by atoms with E-state index in [1.165, 1.54) is 0 Å². The van der Waals surface area contributed by atoms with Gasteiger partial charge in [0.2, 0.25) is 11.7 Å². The van der Waals surface area contributed by atoms with Gasteiger partial charge in [0.05, 0.1) is 11.8 Å². The summed E-state index contributed by atoms with van der Waals surface area (Å²) >= 11 is 0. The van der Waals surface area contributed by atoms with E-state index in [0.717, 1.165) is 59.3 Å². The summed E-state index contributed by atoms with van der Waals surface area (Å²) in [7, 11) is 0. The summed E-state index contributed by atoms with van der Waals surface area (Å²) in [5, 5.41) is 11.1. The molecule has 154 valence electrons. The monoisotopic (exact) mass is 404 g/mol. The minimum absolute atomic E-state index is 0.104. The first-order valence-electron chi connectivity index (χ1n) is 10.4. The van der Waals surface area contributed by atoms with Gasteiger partial charge in [-0.3, -0.25) is 14.9 Å². The van der Waals surface area contributed by atoms with Crippen molar-refractivity contribution in [3.8, 4) is 22.8 Å². The summed E-state index contributed by atoms with van der Waals surface area (Å²) < 4.78 is 5.51. The molecule has 3 aromatic rings. The fraction of sp³-hybridized carbons (Fsp3) is 0.409. The molecule has 0 fully saturated rings. The molecule has 0 saturated carbocycles. The van der Waals surface area contributed by atoms with Gasteiger partial charge >= 0.3 is 0 Å². The summed E-state index contributed by atoms with van der Waals surface area (Å²) in [5.41, 5.74) is 5.67. The van der Waals surface area contributed by atoms with Gasteiger partial charge in [0.15, 0.2) is 0 Å². The molecule has 3 aromatic heterocycles. The number of rotatable bonds is 3. The van der Waals surface area contributed by atoms with Crippen LogP contribution in [-0.4, -0.2) is 42.7 Å². The average Bonchev–Trinajstić information content (AvgIpc) is 3.42. The van der Waals surface area contributed by atoms with E-state index in [1.54, 1.807) is 6.20 Å². The summed E-state index contributed by atoms with van der Waals surface area (Å²) in [4.78, 5) is 24.1. The number of nitrogens with zero attached hydrogens (tertiary/aromatic N) is 5. The maximum atomic E-state index is 13.0. The Morgan fingerprint density at radius 1 is 1.27 bits per heavy atom. The van der Waals surface area contributed by atoms with Gasteiger partial charge in [-0.25, -0.2) is 0 Å². The second-order valence-electron chi connectivity index (χ2n) is 8.05. The van der Waals surface area contributed by atoms with Crippen molar-refractivity contribution < 1.29 is 9.32 Å². The lowest BCUT2D eigenvalue weighted by Crippen LogP contribution is -2.40. The van der Waals surface area contributed by atoms with E-state index >= 15 is 0 Å². The van der Waals surface area contributed by atoms with Crippen LogP contribution in [-0.2, 0) is 17.8 Å². The number of aromatic nitrogens is 5. The molecule has 4 heterocycles. The highest BCUT2D eigenvalue weighted by atomic mass is 16.5. The number of H-pyrrole nitrogens is 1. The summed E-state index contributed by atoms with van der Waals surface area (Å²) in [6.07, 6.45) is 11.4. The predicted molar refractivity (Wildman–Crippen MR) is 110 cm³/mol. The Morgan fingerprint density at radius 2 is 2.17 bits per heavy atom. The van der Waals surface area contributed by atoms with E-state index < -0.39 is 0 Å². The fourth-order valence-electron chi connectivity index (χ4n) is 4.41. The lowest BCUT2D eigenvalue weighted by Gasteiger charge is -2.33. The molecule has 8 nitrogen and oxygen atoms in total. The average molecular weight is 404 g/mol. The smallest absolute Gasteiger partial charge is 0.261 e. The highest BCUT2D eigenvalue weighted by Crippen LogP contribution is 2.33. The van der Waals surface area contributed by atoms with Crippen LogP contribution < -0.4 is 0 Å². The fourth-order valence-corrected chi connectivity index (χ4v) is 4.41. The van der Waals surface area contributed by atoms with Gasteiger partial charge in [-0.15, -0.1) is 0 Å². The Labute approximate surface area is 174 Å². The van der Waals surface area contributed by atoms with Crippen LogP contribution in [0.2, 0.25) is 0 Å². The third-order valence-corrected chi connectivity index (χ3v) is 6.10. The first-order valence-corrected chi connectivity index (χ1v) is 10.4. The quantitative estimate of drug-likeness (QED) is 0.672. The van der Waals surface area contributed by atoms with Crippen molar-refractivity contribution in [2.45, 2.75) is 46.1 Å². The summed E-state index contributed by atoms with van der Waals surface area (Å²) in [5.74, 6) is 1.33. The minimum Gasteiger partial charge on any atom is -0.338 e. The standard InChI is InChI=1S/C22H24N6O2/c1-13-18(11-24-26-13)21-25-20(27-30-21)19-14(2)23-10-16-12-28(9-8-17(16)19)22(29)15-6-4-3-5-7-15/h3-4,10-11,15H,5-9,12H2,1-2H3,(H,24,26)/t15-/m0/s1. The molecule has 0 spiro atoms. The van der Waals surface area contributed by atoms with Crippen molar-refractivity contribution in [3.05, 3.63) is 47.1 Å². The number of fused-ring (bicyclic) bond motifs is 1. The SMILES string of the molecule is Cc1ncc2c(c1-c1noc(-c3cn[nH]c3C)n1)CCN(C(=O)[C@H]1CC=CCC1)C2. The van der Waals surface area contributed by atoms with Crippen molar-refractivity contribution in [1.82, 2.24) is 30.2 Å². The van der Waals surface area contributed by atoms with Crippen LogP contribution >= 0.6 is 0 Å².